The SMILES string of the molecule is C[C@@H]1CN(C(=O)[C@@H]2CC[C@@H](C(F)(F)F)NC2=O)C[C@H](C)N1. The van der Waals surface area contributed by atoms with Crippen molar-refractivity contribution >= 4 is 11.8 Å². The van der Waals surface area contributed by atoms with E-state index in [4.69, 9.17) is 0 Å². The van der Waals surface area contributed by atoms with E-state index >= 15 is 0 Å². The van der Waals surface area contributed by atoms with Crippen LogP contribution >= 0.6 is 0 Å². The van der Waals surface area contributed by atoms with Crippen LogP contribution in [-0.4, -0.2) is 54.1 Å². The molecule has 2 aliphatic rings. The van der Waals surface area contributed by atoms with Crippen molar-refractivity contribution in [3.8, 4) is 0 Å². The van der Waals surface area contributed by atoms with E-state index in [0.29, 0.717) is 13.1 Å². The maximum Gasteiger partial charge on any atom is 0.408 e. The maximum atomic E-state index is 12.6. The van der Waals surface area contributed by atoms with Crippen LogP contribution in [0.2, 0.25) is 0 Å². The molecule has 2 N–H and O–H groups in total. The highest BCUT2D eigenvalue weighted by molar-refractivity contribution is 6.01. The van der Waals surface area contributed by atoms with Crippen molar-refractivity contribution in [3.05, 3.63) is 0 Å². The predicted molar refractivity (Wildman–Crippen MR) is 69.3 cm³/mol. The summed E-state index contributed by atoms with van der Waals surface area (Å²) in [6.07, 6.45) is -4.76. The lowest BCUT2D eigenvalue weighted by atomic mass is 9.91. The maximum absolute atomic E-state index is 12.6. The lowest BCUT2D eigenvalue weighted by molar-refractivity contribution is -0.172. The van der Waals surface area contributed by atoms with E-state index < -0.39 is 24.0 Å². The van der Waals surface area contributed by atoms with Crippen molar-refractivity contribution in [3.63, 3.8) is 0 Å². The quantitative estimate of drug-likeness (QED) is 0.699. The molecule has 0 saturated carbocycles. The third-order valence-corrected chi connectivity index (χ3v) is 3.94. The van der Waals surface area contributed by atoms with E-state index in [1.54, 1.807) is 4.90 Å². The Morgan fingerprint density at radius 3 is 2.24 bits per heavy atom. The average Bonchev–Trinajstić information content (AvgIpc) is 2.35. The Kier molecular flexibility index (Phi) is 4.46. The number of nitrogens with zero attached hydrogens (tertiary/aromatic N) is 1. The van der Waals surface area contributed by atoms with E-state index in [1.807, 2.05) is 19.2 Å². The largest absolute Gasteiger partial charge is 0.408 e. The number of piperazine rings is 1. The first-order valence-electron chi connectivity index (χ1n) is 7.10. The lowest BCUT2D eigenvalue weighted by Crippen LogP contribution is -2.60. The van der Waals surface area contributed by atoms with Gasteiger partial charge in [0.15, 0.2) is 0 Å². The summed E-state index contributed by atoms with van der Waals surface area (Å²) < 4.78 is 37.7. The number of nitrogens with one attached hydrogen (secondary N) is 2. The standard InChI is InChI=1S/C13H20F3N3O2/c1-7-5-19(6-8(2)17-7)12(21)9-3-4-10(13(14,15)16)18-11(9)20/h7-10,17H,3-6H2,1-2H3,(H,18,20)/t7-,8+,9-,10+/m1/s1. The summed E-state index contributed by atoms with van der Waals surface area (Å²) in [5, 5.41) is 5.18. The molecule has 2 aliphatic heterocycles. The minimum atomic E-state index is -4.46. The number of rotatable bonds is 1. The molecule has 4 atom stereocenters. The fourth-order valence-electron chi connectivity index (χ4n) is 3.02. The topological polar surface area (TPSA) is 61.4 Å². The van der Waals surface area contributed by atoms with Gasteiger partial charge in [-0.15, -0.1) is 0 Å². The molecule has 120 valence electrons. The highest BCUT2D eigenvalue weighted by Crippen LogP contribution is 2.29. The molecule has 0 spiro atoms. The Labute approximate surface area is 121 Å². The first-order chi connectivity index (χ1) is 9.68. The molecular formula is C13H20F3N3O2. The number of hydrogen-bond acceptors (Lipinski definition) is 3. The number of piperidine rings is 1. The summed E-state index contributed by atoms with van der Waals surface area (Å²) in [4.78, 5) is 25.8. The van der Waals surface area contributed by atoms with Crippen molar-refractivity contribution in [1.82, 2.24) is 15.5 Å². The Morgan fingerprint density at radius 1 is 1.19 bits per heavy atom. The molecule has 2 saturated heterocycles. The first-order valence-corrected chi connectivity index (χ1v) is 7.10. The van der Waals surface area contributed by atoms with Crippen LogP contribution in [0.1, 0.15) is 26.7 Å². The molecule has 0 bridgehead atoms. The van der Waals surface area contributed by atoms with Crippen molar-refractivity contribution < 1.29 is 22.8 Å². The molecule has 8 heteroatoms. The Morgan fingerprint density at radius 2 is 1.76 bits per heavy atom. The number of hydrogen-bond donors (Lipinski definition) is 2. The van der Waals surface area contributed by atoms with E-state index in [0.717, 1.165) is 0 Å². The Hall–Kier alpha value is -1.31. The molecule has 0 aromatic rings. The summed E-state index contributed by atoms with van der Waals surface area (Å²) in [6, 6.07) is -1.63. The molecule has 2 fully saturated rings. The van der Waals surface area contributed by atoms with Crippen molar-refractivity contribution in [2.45, 2.75) is 51.0 Å². The average molecular weight is 307 g/mol. The first kappa shape index (κ1) is 16.1. The molecule has 2 rings (SSSR count). The molecule has 2 amide bonds. The van der Waals surface area contributed by atoms with Crippen LogP contribution in [-0.2, 0) is 9.59 Å². The van der Waals surface area contributed by atoms with E-state index in [9.17, 15) is 22.8 Å². The molecule has 5 nitrogen and oxygen atoms in total. The van der Waals surface area contributed by atoms with Gasteiger partial charge in [-0.05, 0) is 26.7 Å². The minimum Gasteiger partial charge on any atom is -0.344 e. The van der Waals surface area contributed by atoms with Crippen molar-refractivity contribution in [1.29, 1.82) is 0 Å². The van der Waals surface area contributed by atoms with Crippen LogP contribution in [0.25, 0.3) is 0 Å². The zero-order chi connectivity index (χ0) is 15.8. The van der Waals surface area contributed by atoms with Gasteiger partial charge in [0, 0.05) is 25.2 Å². The molecule has 2 heterocycles. The van der Waals surface area contributed by atoms with Crippen LogP contribution in [0, 0.1) is 5.92 Å². The van der Waals surface area contributed by atoms with Gasteiger partial charge in [0.1, 0.15) is 12.0 Å². The normalized spacial score (nSPS) is 34.5. The fourth-order valence-corrected chi connectivity index (χ4v) is 3.02. The van der Waals surface area contributed by atoms with Crippen LogP contribution in [0.15, 0.2) is 0 Å². The van der Waals surface area contributed by atoms with Gasteiger partial charge in [-0.2, -0.15) is 13.2 Å². The lowest BCUT2D eigenvalue weighted by Gasteiger charge is -2.39. The second-order valence-corrected chi connectivity index (χ2v) is 5.94. The van der Waals surface area contributed by atoms with Crippen LogP contribution in [0.3, 0.4) is 0 Å². The third-order valence-electron chi connectivity index (χ3n) is 3.94. The monoisotopic (exact) mass is 307 g/mol. The minimum absolute atomic E-state index is 0.0540. The molecule has 0 radical (unpaired) electrons. The van der Waals surface area contributed by atoms with Crippen LogP contribution in [0.5, 0.6) is 0 Å². The van der Waals surface area contributed by atoms with Crippen LogP contribution in [0.4, 0.5) is 13.2 Å². The van der Waals surface area contributed by atoms with Gasteiger partial charge >= 0.3 is 6.18 Å². The number of amides is 2. The summed E-state index contributed by atoms with van der Waals surface area (Å²) in [7, 11) is 0. The van der Waals surface area contributed by atoms with E-state index in [2.05, 4.69) is 5.32 Å². The fraction of sp³-hybridized carbons (Fsp3) is 0.846. The van der Waals surface area contributed by atoms with Crippen LogP contribution < -0.4 is 10.6 Å². The molecular weight excluding hydrogens is 287 g/mol. The second kappa shape index (κ2) is 5.82. The van der Waals surface area contributed by atoms with E-state index in [1.165, 1.54) is 0 Å². The zero-order valence-corrected chi connectivity index (χ0v) is 12.0. The highest BCUT2D eigenvalue weighted by atomic mass is 19.4. The summed E-state index contributed by atoms with van der Waals surface area (Å²) in [5.41, 5.74) is 0. The number of carbonyl (C=O) groups is 2. The highest BCUT2D eigenvalue weighted by Gasteiger charge is 2.46. The Bertz CT molecular complexity index is 417. The second-order valence-electron chi connectivity index (χ2n) is 5.94. The number of alkyl halides is 3. The molecule has 0 unspecified atom stereocenters. The number of carbonyl (C=O) groups excluding carboxylic acids is 2. The predicted octanol–water partition coefficient (Wildman–Crippen LogP) is 0.652. The van der Waals surface area contributed by atoms with Gasteiger partial charge in [0.25, 0.3) is 0 Å². The zero-order valence-electron chi connectivity index (χ0n) is 12.0. The van der Waals surface area contributed by atoms with Gasteiger partial charge in [0.2, 0.25) is 11.8 Å². The van der Waals surface area contributed by atoms with E-state index in [-0.39, 0.29) is 30.8 Å². The number of halogens is 3. The van der Waals surface area contributed by atoms with Gasteiger partial charge in [-0.1, -0.05) is 0 Å². The van der Waals surface area contributed by atoms with Gasteiger partial charge < -0.3 is 15.5 Å². The van der Waals surface area contributed by atoms with Gasteiger partial charge in [-0.3, -0.25) is 9.59 Å². The summed E-state index contributed by atoms with van der Waals surface area (Å²) in [5.74, 6) is -2.18. The Balaban J connectivity index is 1.99. The molecule has 21 heavy (non-hydrogen) atoms. The van der Waals surface area contributed by atoms with Crippen molar-refractivity contribution in [2.75, 3.05) is 13.1 Å². The van der Waals surface area contributed by atoms with Gasteiger partial charge in [0.05, 0.1) is 0 Å². The smallest absolute Gasteiger partial charge is 0.344 e. The summed E-state index contributed by atoms with van der Waals surface area (Å²) >= 11 is 0. The molecule has 0 aromatic heterocycles. The summed E-state index contributed by atoms with van der Waals surface area (Å²) in [6.45, 7) is 4.79. The third kappa shape index (κ3) is 3.66. The van der Waals surface area contributed by atoms with Gasteiger partial charge in [-0.25, -0.2) is 0 Å². The molecule has 0 aliphatic carbocycles. The van der Waals surface area contributed by atoms with Crippen molar-refractivity contribution in [2.24, 2.45) is 5.92 Å². The molecule has 0 aromatic carbocycles.